The Labute approximate surface area is 70.0 Å². The third-order valence-electron chi connectivity index (χ3n) is 1.39. The number of aliphatic hydroxyl groups excluding tert-OH is 2. The van der Waals surface area contributed by atoms with Crippen molar-refractivity contribution in [1.29, 1.82) is 0 Å². The molecule has 0 heterocycles. The third kappa shape index (κ3) is 3.63. The van der Waals surface area contributed by atoms with Crippen LogP contribution in [0.5, 0.6) is 0 Å². The highest BCUT2D eigenvalue weighted by molar-refractivity contribution is 5.73. The van der Waals surface area contributed by atoms with Gasteiger partial charge < -0.3 is 21.1 Å². The Hall–Kier alpha value is -0.690. The largest absolute Gasteiger partial charge is 0.480 e. The minimum Gasteiger partial charge on any atom is -0.480 e. The average molecular weight is 178 g/mol. The zero-order valence-corrected chi connectivity index (χ0v) is 6.77. The highest BCUT2D eigenvalue weighted by Gasteiger charge is 2.20. The number of carboxylic acid groups (broad SMARTS) is 1. The summed E-state index contributed by atoms with van der Waals surface area (Å²) in [5, 5.41) is 28.2. The summed E-state index contributed by atoms with van der Waals surface area (Å²) >= 11 is 0. The van der Waals surface area contributed by atoms with Gasteiger partial charge in [-0.3, -0.25) is 10.1 Å². The maximum atomic E-state index is 10.3. The second-order valence-electron chi connectivity index (χ2n) is 2.51. The van der Waals surface area contributed by atoms with E-state index in [1.807, 2.05) is 0 Å². The molecule has 0 aliphatic heterocycles. The van der Waals surface area contributed by atoms with E-state index in [1.165, 1.54) is 6.92 Å². The summed E-state index contributed by atoms with van der Waals surface area (Å²) in [4.78, 5) is 10.3. The van der Waals surface area contributed by atoms with Crippen LogP contribution < -0.4 is 11.1 Å². The number of hydrogen-bond acceptors (Lipinski definition) is 5. The van der Waals surface area contributed by atoms with Gasteiger partial charge in [-0.05, 0) is 6.92 Å². The lowest BCUT2D eigenvalue weighted by atomic mass is 10.2. The first-order chi connectivity index (χ1) is 5.49. The zero-order valence-electron chi connectivity index (χ0n) is 6.77. The molecule has 0 fully saturated rings. The summed E-state index contributed by atoms with van der Waals surface area (Å²) in [6, 6.07) is -1.13. The standard InChI is InChI=1S/C6H14N2O4/c1-3(10)5(7)8-4(2-9)6(11)12/h3-5,8-10H,2,7H2,1H3,(H,11,12)/t3?,4-,5+/m0/s1. The number of aliphatic hydroxyl groups is 2. The first-order valence-electron chi connectivity index (χ1n) is 3.52. The molecule has 0 saturated heterocycles. The summed E-state index contributed by atoms with van der Waals surface area (Å²) in [6.45, 7) is 0.865. The smallest absolute Gasteiger partial charge is 0.323 e. The Bertz CT molecular complexity index is 150. The molecular weight excluding hydrogens is 164 g/mol. The van der Waals surface area contributed by atoms with Crippen LogP contribution in [-0.4, -0.2) is 46.2 Å². The predicted molar refractivity (Wildman–Crippen MR) is 41.3 cm³/mol. The van der Waals surface area contributed by atoms with Crippen molar-refractivity contribution >= 4 is 5.97 Å². The highest BCUT2D eigenvalue weighted by atomic mass is 16.4. The number of aliphatic carboxylic acids is 1. The number of carbonyl (C=O) groups is 1. The van der Waals surface area contributed by atoms with Crippen molar-refractivity contribution in [2.24, 2.45) is 5.73 Å². The van der Waals surface area contributed by atoms with Crippen LogP contribution in [-0.2, 0) is 4.79 Å². The summed E-state index contributed by atoms with van der Waals surface area (Å²) in [5.74, 6) is -1.20. The summed E-state index contributed by atoms with van der Waals surface area (Å²) in [6.07, 6.45) is -1.71. The lowest BCUT2D eigenvalue weighted by molar-refractivity contribution is -0.140. The second kappa shape index (κ2) is 5.04. The van der Waals surface area contributed by atoms with Crippen molar-refractivity contribution in [2.75, 3.05) is 6.61 Å². The summed E-state index contributed by atoms with van der Waals surface area (Å²) in [7, 11) is 0. The molecule has 0 spiro atoms. The predicted octanol–water partition coefficient (Wildman–Crippen LogP) is -2.31. The summed E-state index contributed by atoms with van der Waals surface area (Å²) in [5.41, 5.74) is 5.30. The molecule has 72 valence electrons. The van der Waals surface area contributed by atoms with Crippen molar-refractivity contribution in [1.82, 2.24) is 5.32 Å². The fourth-order valence-electron chi connectivity index (χ4n) is 0.574. The Kier molecular flexibility index (Phi) is 4.75. The van der Waals surface area contributed by atoms with Crippen LogP contribution in [0.3, 0.4) is 0 Å². The molecule has 0 saturated carbocycles. The van der Waals surface area contributed by atoms with Gasteiger partial charge in [-0.1, -0.05) is 0 Å². The van der Waals surface area contributed by atoms with Crippen molar-refractivity contribution in [3.63, 3.8) is 0 Å². The number of nitrogens with two attached hydrogens (primary N) is 1. The van der Waals surface area contributed by atoms with Gasteiger partial charge in [0.2, 0.25) is 0 Å². The molecule has 0 rings (SSSR count). The van der Waals surface area contributed by atoms with Crippen molar-refractivity contribution in [3.05, 3.63) is 0 Å². The third-order valence-corrected chi connectivity index (χ3v) is 1.39. The van der Waals surface area contributed by atoms with Crippen LogP contribution in [0, 0.1) is 0 Å². The van der Waals surface area contributed by atoms with E-state index in [-0.39, 0.29) is 0 Å². The quantitative estimate of drug-likeness (QED) is 0.302. The number of rotatable bonds is 5. The molecule has 6 nitrogen and oxygen atoms in total. The van der Waals surface area contributed by atoms with E-state index in [0.717, 1.165) is 0 Å². The normalized spacial score (nSPS) is 18.3. The van der Waals surface area contributed by atoms with Gasteiger partial charge in [0.15, 0.2) is 0 Å². The highest BCUT2D eigenvalue weighted by Crippen LogP contribution is 1.88. The number of nitrogens with one attached hydrogen (secondary N) is 1. The van der Waals surface area contributed by atoms with Crippen LogP contribution in [0.2, 0.25) is 0 Å². The SMILES string of the molecule is CC(O)[C@H](N)N[C@@H](CO)C(=O)O. The van der Waals surface area contributed by atoms with Gasteiger partial charge in [-0.2, -0.15) is 0 Å². The van der Waals surface area contributed by atoms with Gasteiger partial charge in [-0.25, -0.2) is 0 Å². The fraction of sp³-hybridized carbons (Fsp3) is 0.833. The van der Waals surface area contributed by atoms with Gasteiger partial charge >= 0.3 is 5.97 Å². The minimum atomic E-state index is -1.20. The van der Waals surface area contributed by atoms with Crippen LogP contribution in [0.15, 0.2) is 0 Å². The molecule has 0 aromatic carbocycles. The average Bonchev–Trinajstić information content (AvgIpc) is 1.98. The number of carboxylic acids is 1. The van der Waals surface area contributed by atoms with Gasteiger partial charge in [0.25, 0.3) is 0 Å². The summed E-state index contributed by atoms with van der Waals surface area (Å²) < 4.78 is 0. The van der Waals surface area contributed by atoms with Gasteiger partial charge in [0.05, 0.1) is 18.9 Å². The first-order valence-corrected chi connectivity index (χ1v) is 3.52. The molecular formula is C6H14N2O4. The molecule has 0 radical (unpaired) electrons. The first kappa shape index (κ1) is 11.3. The Morgan fingerprint density at radius 1 is 1.67 bits per heavy atom. The van der Waals surface area contributed by atoms with Crippen molar-refractivity contribution in [3.8, 4) is 0 Å². The molecule has 0 aromatic rings. The van der Waals surface area contributed by atoms with Crippen molar-refractivity contribution < 1.29 is 20.1 Å². The fourth-order valence-corrected chi connectivity index (χ4v) is 0.574. The monoisotopic (exact) mass is 178 g/mol. The molecule has 6 N–H and O–H groups in total. The number of hydrogen-bond donors (Lipinski definition) is 5. The van der Waals surface area contributed by atoms with Gasteiger partial charge in [-0.15, -0.1) is 0 Å². The molecule has 0 aliphatic rings. The molecule has 12 heavy (non-hydrogen) atoms. The molecule has 0 aromatic heterocycles. The Morgan fingerprint density at radius 2 is 2.17 bits per heavy atom. The minimum absolute atomic E-state index is 0.560. The van der Waals surface area contributed by atoms with E-state index >= 15 is 0 Å². The topological polar surface area (TPSA) is 116 Å². The molecule has 0 bridgehead atoms. The molecule has 3 atom stereocenters. The molecule has 1 unspecified atom stereocenters. The lowest BCUT2D eigenvalue weighted by Gasteiger charge is -2.20. The van der Waals surface area contributed by atoms with E-state index in [4.69, 9.17) is 21.1 Å². The Balaban J connectivity index is 3.94. The molecule has 0 aliphatic carbocycles. The molecule has 0 amide bonds. The van der Waals surface area contributed by atoms with E-state index in [0.29, 0.717) is 0 Å². The van der Waals surface area contributed by atoms with E-state index in [2.05, 4.69) is 5.32 Å². The van der Waals surface area contributed by atoms with Crippen LogP contribution >= 0.6 is 0 Å². The second-order valence-corrected chi connectivity index (χ2v) is 2.51. The Morgan fingerprint density at radius 3 is 2.42 bits per heavy atom. The van der Waals surface area contributed by atoms with Crippen LogP contribution in [0.25, 0.3) is 0 Å². The lowest BCUT2D eigenvalue weighted by Crippen LogP contribution is -2.54. The van der Waals surface area contributed by atoms with E-state index in [1.54, 1.807) is 0 Å². The van der Waals surface area contributed by atoms with E-state index < -0.39 is 30.9 Å². The maximum Gasteiger partial charge on any atom is 0.323 e. The maximum absolute atomic E-state index is 10.3. The molecule has 6 heteroatoms. The van der Waals surface area contributed by atoms with Crippen molar-refractivity contribution in [2.45, 2.75) is 25.2 Å². The van der Waals surface area contributed by atoms with Gasteiger partial charge in [0.1, 0.15) is 6.04 Å². The van der Waals surface area contributed by atoms with Gasteiger partial charge in [0, 0.05) is 0 Å². The zero-order chi connectivity index (χ0) is 9.72. The van der Waals surface area contributed by atoms with Crippen LogP contribution in [0.4, 0.5) is 0 Å². The van der Waals surface area contributed by atoms with E-state index in [9.17, 15) is 4.79 Å². The van der Waals surface area contributed by atoms with Crippen LogP contribution in [0.1, 0.15) is 6.92 Å².